The Morgan fingerprint density at radius 3 is 2.40 bits per heavy atom. The lowest BCUT2D eigenvalue weighted by Gasteiger charge is -2.34. The molecule has 2 aliphatic rings. The number of nitrogens with zero attached hydrogens (tertiary/aromatic N) is 1. The molecule has 0 aliphatic heterocycles. The SMILES string of the molecule is CC(C1CC1)N(C)CC(O)(CN)C1CC1. The summed E-state index contributed by atoms with van der Waals surface area (Å²) in [6.07, 6.45) is 5.02. The van der Waals surface area contributed by atoms with Crippen LogP contribution in [0.3, 0.4) is 0 Å². The first-order valence-corrected chi connectivity index (χ1v) is 6.19. The molecule has 2 aliphatic carbocycles. The van der Waals surface area contributed by atoms with Gasteiger partial charge in [0, 0.05) is 19.1 Å². The summed E-state index contributed by atoms with van der Waals surface area (Å²) in [5, 5.41) is 10.4. The van der Waals surface area contributed by atoms with E-state index in [9.17, 15) is 5.11 Å². The fraction of sp³-hybridized carbons (Fsp3) is 1.00. The summed E-state index contributed by atoms with van der Waals surface area (Å²) in [5.41, 5.74) is 5.08. The molecular weight excluding hydrogens is 188 g/mol. The van der Waals surface area contributed by atoms with Crippen molar-refractivity contribution in [2.45, 2.75) is 44.2 Å². The van der Waals surface area contributed by atoms with E-state index < -0.39 is 5.60 Å². The van der Waals surface area contributed by atoms with Gasteiger partial charge in [0.05, 0.1) is 5.60 Å². The van der Waals surface area contributed by atoms with Crippen LogP contribution in [0.15, 0.2) is 0 Å². The first-order valence-electron chi connectivity index (χ1n) is 6.19. The van der Waals surface area contributed by atoms with Gasteiger partial charge in [0.25, 0.3) is 0 Å². The predicted octanol–water partition coefficient (Wildman–Crippen LogP) is 0.817. The second-order valence-corrected chi connectivity index (χ2v) is 5.58. The Morgan fingerprint density at radius 1 is 1.40 bits per heavy atom. The van der Waals surface area contributed by atoms with Crippen LogP contribution in [-0.2, 0) is 0 Å². The maximum Gasteiger partial charge on any atom is 0.0923 e. The smallest absolute Gasteiger partial charge is 0.0923 e. The van der Waals surface area contributed by atoms with E-state index in [0.717, 1.165) is 25.3 Å². The minimum absolute atomic E-state index is 0.402. The van der Waals surface area contributed by atoms with Crippen molar-refractivity contribution >= 4 is 0 Å². The van der Waals surface area contributed by atoms with Gasteiger partial charge in [-0.15, -0.1) is 0 Å². The maximum atomic E-state index is 10.4. The van der Waals surface area contributed by atoms with Gasteiger partial charge in [0.2, 0.25) is 0 Å². The van der Waals surface area contributed by atoms with Crippen LogP contribution in [0.5, 0.6) is 0 Å². The Hall–Kier alpha value is -0.120. The molecule has 0 heterocycles. The molecule has 3 N–H and O–H groups in total. The highest BCUT2D eigenvalue weighted by Crippen LogP contribution is 2.41. The van der Waals surface area contributed by atoms with Crippen molar-refractivity contribution in [3.05, 3.63) is 0 Å². The zero-order valence-electron chi connectivity index (χ0n) is 9.95. The van der Waals surface area contributed by atoms with Crippen LogP contribution in [-0.4, -0.2) is 41.8 Å². The van der Waals surface area contributed by atoms with Crippen molar-refractivity contribution in [1.82, 2.24) is 4.90 Å². The van der Waals surface area contributed by atoms with Gasteiger partial charge in [-0.1, -0.05) is 0 Å². The molecule has 15 heavy (non-hydrogen) atoms. The van der Waals surface area contributed by atoms with Gasteiger partial charge >= 0.3 is 0 Å². The Kier molecular flexibility index (Phi) is 3.06. The van der Waals surface area contributed by atoms with Crippen LogP contribution < -0.4 is 5.73 Å². The Balaban J connectivity index is 1.87. The minimum Gasteiger partial charge on any atom is -0.387 e. The molecule has 0 saturated heterocycles. The number of hydrogen-bond donors (Lipinski definition) is 2. The third-order valence-electron chi connectivity index (χ3n) is 4.21. The van der Waals surface area contributed by atoms with Gasteiger partial charge in [0.15, 0.2) is 0 Å². The lowest BCUT2D eigenvalue weighted by Crippen LogP contribution is -2.51. The molecule has 2 unspecified atom stereocenters. The largest absolute Gasteiger partial charge is 0.387 e. The fourth-order valence-corrected chi connectivity index (χ4v) is 2.50. The normalized spacial score (nSPS) is 27.8. The van der Waals surface area contributed by atoms with Crippen molar-refractivity contribution in [2.24, 2.45) is 17.6 Å². The summed E-state index contributed by atoms with van der Waals surface area (Å²) in [5.74, 6) is 1.31. The molecule has 3 heteroatoms. The molecule has 88 valence electrons. The van der Waals surface area contributed by atoms with Gasteiger partial charge in [-0.2, -0.15) is 0 Å². The van der Waals surface area contributed by atoms with Crippen LogP contribution in [0.4, 0.5) is 0 Å². The molecule has 0 aromatic heterocycles. The molecule has 0 bridgehead atoms. The molecule has 0 radical (unpaired) electrons. The fourth-order valence-electron chi connectivity index (χ4n) is 2.50. The summed E-state index contributed by atoms with van der Waals surface area (Å²) in [7, 11) is 2.12. The summed E-state index contributed by atoms with van der Waals surface area (Å²) in [4.78, 5) is 2.29. The molecule has 0 aromatic rings. The molecule has 2 saturated carbocycles. The standard InChI is InChI=1S/C12H24N2O/c1-9(10-3-4-10)14(2)8-12(15,7-13)11-5-6-11/h9-11,15H,3-8,13H2,1-2H3. The van der Waals surface area contributed by atoms with E-state index in [-0.39, 0.29) is 0 Å². The van der Waals surface area contributed by atoms with E-state index in [1.165, 1.54) is 12.8 Å². The monoisotopic (exact) mass is 212 g/mol. The van der Waals surface area contributed by atoms with Crippen molar-refractivity contribution in [3.8, 4) is 0 Å². The predicted molar refractivity (Wildman–Crippen MR) is 61.5 cm³/mol. The van der Waals surface area contributed by atoms with E-state index in [0.29, 0.717) is 18.5 Å². The van der Waals surface area contributed by atoms with Gasteiger partial charge in [-0.25, -0.2) is 0 Å². The second-order valence-electron chi connectivity index (χ2n) is 5.58. The van der Waals surface area contributed by atoms with E-state index in [1.807, 2.05) is 0 Å². The first-order chi connectivity index (χ1) is 7.07. The lowest BCUT2D eigenvalue weighted by atomic mass is 9.96. The summed E-state index contributed by atoms with van der Waals surface area (Å²) in [6.45, 7) is 3.41. The molecule has 0 spiro atoms. The third-order valence-corrected chi connectivity index (χ3v) is 4.21. The third kappa shape index (κ3) is 2.52. The average molecular weight is 212 g/mol. The second kappa shape index (κ2) is 4.04. The van der Waals surface area contributed by atoms with Crippen molar-refractivity contribution in [2.75, 3.05) is 20.1 Å². The zero-order chi connectivity index (χ0) is 11.1. The van der Waals surface area contributed by atoms with Crippen LogP contribution >= 0.6 is 0 Å². The van der Waals surface area contributed by atoms with Gasteiger partial charge < -0.3 is 15.7 Å². The molecule has 2 rings (SSSR count). The number of likely N-dealkylation sites (N-methyl/N-ethyl adjacent to an activating group) is 1. The van der Waals surface area contributed by atoms with Crippen molar-refractivity contribution < 1.29 is 5.11 Å². The number of hydrogen-bond acceptors (Lipinski definition) is 3. The molecule has 0 aromatic carbocycles. The zero-order valence-corrected chi connectivity index (χ0v) is 9.95. The van der Waals surface area contributed by atoms with Gasteiger partial charge in [-0.05, 0) is 51.5 Å². The average Bonchev–Trinajstić information content (AvgIpc) is 3.07. The minimum atomic E-state index is -0.627. The van der Waals surface area contributed by atoms with E-state index >= 15 is 0 Å². The number of rotatable bonds is 6. The topological polar surface area (TPSA) is 49.5 Å². The van der Waals surface area contributed by atoms with E-state index in [4.69, 9.17) is 5.73 Å². The van der Waals surface area contributed by atoms with Crippen molar-refractivity contribution in [3.63, 3.8) is 0 Å². The van der Waals surface area contributed by atoms with Crippen molar-refractivity contribution in [1.29, 1.82) is 0 Å². The Bertz CT molecular complexity index is 226. The molecule has 0 amide bonds. The van der Waals surface area contributed by atoms with Crippen LogP contribution in [0.1, 0.15) is 32.6 Å². The highest BCUT2D eigenvalue weighted by molar-refractivity contribution is 4.98. The summed E-state index contributed by atoms with van der Waals surface area (Å²) < 4.78 is 0. The molecular formula is C12H24N2O. The lowest BCUT2D eigenvalue weighted by molar-refractivity contribution is -0.0122. The Morgan fingerprint density at radius 2 is 2.00 bits per heavy atom. The quantitative estimate of drug-likeness (QED) is 0.685. The van der Waals surface area contributed by atoms with E-state index in [1.54, 1.807) is 0 Å². The highest BCUT2D eigenvalue weighted by Gasteiger charge is 2.44. The first kappa shape index (κ1) is 11.4. The maximum absolute atomic E-state index is 10.4. The van der Waals surface area contributed by atoms with Crippen LogP contribution in [0, 0.1) is 11.8 Å². The molecule has 3 nitrogen and oxygen atoms in total. The Labute approximate surface area is 92.6 Å². The van der Waals surface area contributed by atoms with Crippen LogP contribution in [0.25, 0.3) is 0 Å². The summed E-state index contributed by atoms with van der Waals surface area (Å²) in [6, 6.07) is 0.599. The molecule has 2 fully saturated rings. The van der Waals surface area contributed by atoms with Gasteiger partial charge in [0.1, 0.15) is 0 Å². The molecule has 2 atom stereocenters. The summed E-state index contributed by atoms with van der Waals surface area (Å²) >= 11 is 0. The van der Waals surface area contributed by atoms with Crippen LogP contribution in [0.2, 0.25) is 0 Å². The number of aliphatic hydroxyl groups is 1. The van der Waals surface area contributed by atoms with Gasteiger partial charge in [-0.3, -0.25) is 0 Å². The van der Waals surface area contributed by atoms with E-state index in [2.05, 4.69) is 18.9 Å². The highest BCUT2D eigenvalue weighted by atomic mass is 16.3. The number of nitrogens with two attached hydrogens (primary N) is 1.